The molecule has 3 aromatic rings. The first-order chi connectivity index (χ1) is 9.63. The second-order valence-electron chi connectivity index (χ2n) is 4.16. The predicted octanol–water partition coefficient (Wildman–Crippen LogP) is 4.80. The zero-order valence-corrected chi connectivity index (χ0v) is 10.9. The van der Waals surface area contributed by atoms with Crippen molar-refractivity contribution < 1.29 is 13.2 Å². The number of halogens is 3. The topological polar surface area (TPSA) is 12.9 Å². The molecule has 100 valence electrons. The molecule has 0 aliphatic carbocycles. The molecule has 20 heavy (non-hydrogen) atoms. The minimum Gasteiger partial charge on any atom is -0.207 e. The Morgan fingerprint density at radius 1 is 0.800 bits per heavy atom. The van der Waals surface area contributed by atoms with Crippen LogP contribution in [0.2, 0.25) is 0 Å². The standard InChI is InChI=1S/C15H8F3NS/c16-12-8-13(17)15(19-14(12)18)20-11-6-5-9-3-1-2-4-10(9)7-11/h1-8H. The van der Waals surface area contributed by atoms with Crippen LogP contribution in [-0.4, -0.2) is 4.98 Å². The average molecular weight is 291 g/mol. The Labute approximate surface area is 117 Å². The van der Waals surface area contributed by atoms with Gasteiger partial charge in [0.2, 0.25) is 5.95 Å². The first-order valence-corrected chi connectivity index (χ1v) is 6.63. The zero-order chi connectivity index (χ0) is 14.1. The SMILES string of the molecule is Fc1cc(F)c(Sc2ccc3ccccc3c2)nc1F. The van der Waals surface area contributed by atoms with Gasteiger partial charge in [0.25, 0.3) is 0 Å². The third-order valence-corrected chi connectivity index (χ3v) is 3.76. The third-order valence-electron chi connectivity index (χ3n) is 2.79. The lowest BCUT2D eigenvalue weighted by Gasteiger charge is -2.04. The van der Waals surface area contributed by atoms with E-state index in [0.29, 0.717) is 11.0 Å². The summed E-state index contributed by atoms with van der Waals surface area (Å²) in [6.07, 6.45) is 0. The van der Waals surface area contributed by atoms with Crippen LogP contribution in [0.1, 0.15) is 0 Å². The van der Waals surface area contributed by atoms with Crippen LogP contribution in [-0.2, 0) is 0 Å². The fourth-order valence-electron chi connectivity index (χ4n) is 1.84. The van der Waals surface area contributed by atoms with E-state index >= 15 is 0 Å². The number of rotatable bonds is 2. The van der Waals surface area contributed by atoms with Crippen molar-refractivity contribution in [2.75, 3.05) is 0 Å². The highest BCUT2D eigenvalue weighted by atomic mass is 32.2. The van der Waals surface area contributed by atoms with Gasteiger partial charge in [-0.2, -0.15) is 4.39 Å². The van der Waals surface area contributed by atoms with Gasteiger partial charge in [-0.05, 0) is 22.9 Å². The van der Waals surface area contributed by atoms with Crippen molar-refractivity contribution in [3.05, 3.63) is 66.1 Å². The van der Waals surface area contributed by atoms with Crippen molar-refractivity contribution in [1.82, 2.24) is 4.98 Å². The van der Waals surface area contributed by atoms with Crippen molar-refractivity contribution in [2.45, 2.75) is 9.92 Å². The quantitative estimate of drug-likeness (QED) is 0.629. The molecule has 5 heteroatoms. The average Bonchev–Trinajstić information content (AvgIpc) is 2.44. The van der Waals surface area contributed by atoms with Crippen LogP contribution in [0.15, 0.2) is 58.5 Å². The molecule has 0 N–H and O–H groups in total. The highest BCUT2D eigenvalue weighted by Crippen LogP contribution is 2.31. The summed E-state index contributed by atoms with van der Waals surface area (Å²) in [4.78, 5) is 4.00. The monoisotopic (exact) mass is 291 g/mol. The van der Waals surface area contributed by atoms with Gasteiger partial charge < -0.3 is 0 Å². The van der Waals surface area contributed by atoms with E-state index in [1.807, 2.05) is 36.4 Å². The number of hydrogen-bond acceptors (Lipinski definition) is 2. The molecule has 0 saturated carbocycles. The van der Waals surface area contributed by atoms with Gasteiger partial charge >= 0.3 is 0 Å². The van der Waals surface area contributed by atoms with Gasteiger partial charge in [-0.25, -0.2) is 13.8 Å². The highest BCUT2D eigenvalue weighted by Gasteiger charge is 2.13. The minimum atomic E-state index is -1.30. The summed E-state index contributed by atoms with van der Waals surface area (Å²) in [5.74, 6) is -3.46. The van der Waals surface area contributed by atoms with E-state index < -0.39 is 17.6 Å². The van der Waals surface area contributed by atoms with Crippen molar-refractivity contribution in [3.8, 4) is 0 Å². The van der Waals surface area contributed by atoms with Crippen LogP contribution in [0.4, 0.5) is 13.2 Å². The molecule has 1 nitrogen and oxygen atoms in total. The molecule has 0 spiro atoms. The van der Waals surface area contributed by atoms with Crippen molar-refractivity contribution in [2.24, 2.45) is 0 Å². The van der Waals surface area contributed by atoms with E-state index in [2.05, 4.69) is 4.98 Å². The Morgan fingerprint density at radius 2 is 1.55 bits per heavy atom. The van der Waals surface area contributed by atoms with Gasteiger partial charge in [-0.15, -0.1) is 0 Å². The molecule has 0 aliphatic heterocycles. The minimum absolute atomic E-state index is 0.181. The molecule has 2 aromatic carbocycles. The fraction of sp³-hybridized carbons (Fsp3) is 0. The lowest BCUT2D eigenvalue weighted by molar-refractivity contribution is 0.448. The van der Waals surface area contributed by atoms with Crippen molar-refractivity contribution in [1.29, 1.82) is 0 Å². The van der Waals surface area contributed by atoms with Crippen LogP contribution in [0.3, 0.4) is 0 Å². The molecule has 1 aromatic heterocycles. The fourth-order valence-corrected chi connectivity index (χ4v) is 2.67. The first-order valence-electron chi connectivity index (χ1n) is 5.82. The molecule has 0 bridgehead atoms. The van der Waals surface area contributed by atoms with Crippen LogP contribution >= 0.6 is 11.8 Å². The van der Waals surface area contributed by atoms with E-state index in [1.165, 1.54) is 0 Å². The number of nitrogens with zero attached hydrogens (tertiary/aromatic N) is 1. The molecule has 0 radical (unpaired) electrons. The Balaban J connectivity index is 1.99. The maximum atomic E-state index is 13.5. The highest BCUT2D eigenvalue weighted by molar-refractivity contribution is 7.99. The number of benzene rings is 2. The van der Waals surface area contributed by atoms with Gasteiger partial charge in [0, 0.05) is 11.0 Å². The normalized spacial score (nSPS) is 10.9. The van der Waals surface area contributed by atoms with Gasteiger partial charge in [0.15, 0.2) is 11.6 Å². The number of aromatic nitrogens is 1. The van der Waals surface area contributed by atoms with E-state index in [0.717, 1.165) is 22.5 Å². The summed E-state index contributed by atoms with van der Waals surface area (Å²) in [7, 11) is 0. The molecular formula is C15H8F3NS. The van der Waals surface area contributed by atoms with E-state index in [4.69, 9.17) is 0 Å². The predicted molar refractivity (Wildman–Crippen MR) is 72.2 cm³/mol. The second-order valence-corrected chi connectivity index (χ2v) is 5.22. The molecule has 0 unspecified atom stereocenters. The zero-order valence-electron chi connectivity index (χ0n) is 10.1. The van der Waals surface area contributed by atoms with E-state index in [-0.39, 0.29) is 5.03 Å². The molecule has 0 fully saturated rings. The molecule has 0 saturated heterocycles. The van der Waals surface area contributed by atoms with Crippen LogP contribution in [0, 0.1) is 17.6 Å². The van der Waals surface area contributed by atoms with Gasteiger partial charge in [-0.1, -0.05) is 42.1 Å². The molecule has 0 atom stereocenters. The summed E-state index contributed by atoms with van der Waals surface area (Å²) in [5, 5.41) is 1.86. The van der Waals surface area contributed by atoms with Crippen molar-refractivity contribution in [3.63, 3.8) is 0 Å². The summed E-state index contributed by atoms with van der Waals surface area (Å²) < 4.78 is 39.4. The van der Waals surface area contributed by atoms with E-state index in [1.54, 1.807) is 6.07 Å². The van der Waals surface area contributed by atoms with Crippen LogP contribution in [0.25, 0.3) is 10.8 Å². The molecular weight excluding hydrogens is 283 g/mol. The maximum Gasteiger partial charge on any atom is 0.250 e. The Hall–Kier alpha value is -2.01. The Kier molecular flexibility index (Phi) is 3.36. The van der Waals surface area contributed by atoms with Gasteiger partial charge in [0.1, 0.15) is 5.03 Å². The first kappa shape index (κ1) is 13.0. The van der Waals surface area contributed by atoms with Gasteiger partial charge in [-0.3, -0.25) is 0 Å². The lowest BCUT2D eigenvalue weighted by atomic mass is 10.1. The third kappa shape index (κ3) is 2.49. The summed E-state index contributed by atoms with van der Waals surface area (Å²) in [6.45, 7) is 0. The van der Waals surface area contributed by atoms with E-state index in [9.17, 15) is 13.2 Å². The summed E-state index contributed by atoms with van der Waals surface area (Å²) in [5.41, 5.74) is 0. The van der Waals surface area contributed by atoms with Crippen molar-refractivity contribution >= 4 is 22.5 Å². The molecule has 1 heterocycles. The number of fused-ring (bicyclic) bond motifs is 1. The maximum absolute atomic E-state index is 13.5. The smallest absolute Gasteiger partial charge is 0.207 e. The Morgan fingerprint density at radius 3 is 2.35 bits per heavy atom. The number of pyridine rings is 1. The molecule has 3 rings (SSSR count). The largest absolute Gasteiger partial charge is 0.250 e. The van der Waals surface area contributed by atoms with Gasteiger partial charge in [0.05, 0.1) is 0 Å². The van der Waals surface area contributed by atoms with Crippen LogP contribution in [0.5, 0.6) is 0 Å². The second kappa shape index (κ2) is 5.17. The summed E-state index contributed by atoms with van der Waals surface area (Å²) in [6, 6.07) is 13.7. The summed E-state index contributed by atoms with van der Waals surface area (Å²) >= 11 is 0.959. The number of hydrogen-bond donors (Lipinski definition) is 0. The van der Waals surface area contributed by atoms with Crippen LogP contribution < -0.4 is 0 Å². The molecule has 0 aliphatic rings. The Bertz CT molecular complexity index is 789. The molecule has 0 amide bonds. The lowest BCUT2D eigenvalue weighted by Crippen LogP contribution is -1.95.